The number of carbonyl (C=O) groups excluding carboxylic acids is 1. The van der Waals surface area contributed by atoms with Crippen molar-refractivity contribution in [2.75, 3.05) is 7.11 Å². The van der Waals surface area contributed by atoms with Crippen LogP contribution in [0.3, 0.4) is 0 Å². The van der Waals surface area contributed by atoms with Crippen molar-refractivity contribution in [1.29, 1.82) is 0 Å². The van der Waals surface area contributed by atoms with Crippen molar-refractivity contribution in [3.63, 3.8) is 0 Å². The largest absolute Gasteiger partial charge is 0.469 e. The molecule has 0 bridgehead atoms. The van der Waals surface area contributed by atoms with Crippen LogP contribution in [0.4, 0.5) is 0 Å². The lowest BCUT2D eigenvalue weighted by Gasteiger charge is -2.05. The molecule has 0 aliphatic carbocycles. The van der Waals surface area contributed by atoms with Crippen molar-refractivity contribution < 1.29 is 9.53 Å². The van der Waals surface area contributed by atoms with Gasteiger partial charge in [-0.05, 0) is 44.4 Å². The van der Waals surface area contributed by atoms with E-state index >= 15 is 0 Å². The Hall–Kier alpha value is -1.83. The Kier molecular flexibility index (Phi) is 16.2. The maximum atomic E-state index is 11.1. The molecular weight excluding hydrogens is 296 g/mol. The molecule has 2 heteroatoms. The lowest BCUT2D eigenvalue weighted by Crippen LogP contribution is -2.06. The van der Waals surface area contributed by atoms with Gasteiger partial charge in [-0.25, -0.2) is 0 Å². The zero-order valence-corrected chi connectivity index (χ0v) is 15.6. The van der Waals surface area contributed by atoms with Crippen LogP contribution in [-0.2, 0) is 9.53 Å². The molecule has 24 heavy (non-hydrogen) atoms. The van der Waals surface area contributed by atoms with Crippen LogP contribution in [0.1, 0.15) is 58.8 Å². The molecule has 134 valence electrons. The van der Waals surface area contributed by atoms with Gasteiger partial charge in [-0.1, -0.05) is 74.6 Å². The average Bonchev–Trinajstić information content (AvgIpc) is 2.58. The van der Waals surface area contributed by atoms with Crippen molar-refractivity contribution in [2.24, 2.45) is 5.92 Å². The zero-order valence-electron chi connectivity index (χ0n) is 15.6. The number of ether oxygens (including phenoxy) is 1. The smallest absolute Gasteiger partial charge is 0.305 e. The average molecular weight is 331 g/mol. The van der Waals surface area contributed by atoms with Crippen molar-refractivity contribution in [3.8, 4) is 0 Å². The number of methoxy groups -OCH3 is 1. The van der Waals surface area contributed by atoms with Crippen LogP contribution in [0.5, 0.6) is 0 Å². The fourth-order valence-electron chi connectivity index (χ4n) is 2.03. The summed E-state index contributed by atoms with van der Waals surface area (Å²) < 4.78 is 4.66. The summed E-state index contributed by atoms with van der Waals surface area (Å²) in [6.07, 6.45) is 28.4. The first-order valence-electron chi connectivity index (χ1n) is 9.02. The summed E-state index contributed by atoms with van der Waals surface area (Å²) in [6, 6.07) is 0. The predicted octanol–water partition coefficient (Wildman–Crippen LogP) is 6.33. The molecule has 0 rings (SSSR count). The fraction of sp³-hybridized carbons (Fsp3) is 0.500. The monoisotopic (exact) mass is 330 g/mol. The first-order chi connectivity index (χ1) is 11.7. The van der Waals surface area contributed by atoms with Gasteiger partial charge in [0, 0.05) is 6.42 Å². The number of esters is 1. The molecule has 0 aliphatic rings. The van der Waals surface area contributed by atoms with Crippen LogP contribution < -0.4 is 0 Å². The summed E-state index contributed by atoms with van der Waals surface area (Å²) in [4.78, 5) is 11.1. The molecule has 0 saturated carbocycles. The third-order valence-electron chi connectivity index (χ3n) is 3.44. The fourth-order valence-corrected chi connectivity index (χ4v) is 2.03. The number of hydrogen-bond donors (Lipinski definition) is 0. The zero-order chi connectivity index (χ0) is 17.9. The first kappa shape index (κ1) is 22.2. The minimum Gasteiger partial charge on any atom is -0.469 e. The molecule has 0 amide bonds. The van der Waals surface area contributed by atoms with Crippen LogP contribution in [0.15, 0.2) is 60.8 Å². The minimum absolute atomic E-state index is 0.130. The Morgan fingerprint density at radius 1 is 0.792 bits per heavy atom. The van der Waals surface area contributed by atoms with Gasteiger partial charge >= 0.3 is 5.97 Å². The molecule has 0 fully saturated rings. The molecule has 0 aliphatic heterocycles. The lowest BCUT2D eigenvalue weighted by atomic mass is 10.0. The van der Waals surface area contributed by atoms with Gasteiger partial charge in [0.05, 0.1) is 7.11 Å². The molecule has 0 aromatic heterocycles. The highest BCUT2D eigenvalue weighted by Crippen LogP contribution is 2.09. The molecule has 1 atom stereocenters. The maximum absolute atomic E-state index is 11.1. The third-order valence-corrected chi connectivity index (χ3v) is 3.44. The van der Waals surface area contributed by atoms with Crippen LogP contribution in [-0.4, -0.2) is 13.1 Å². The molecule has 0 N–H and O–H groups in total. The molecule has 1 unspecified atom stereocenters. The third kappa shape index (κ3) is 16.5. The Morgan fingerprint density at radius 2 is 1.21 bits per heavy atom. The van der Waals surface area contributed by atoms with Crippen LogP contribution in [0.2, 0.25) is 0 Å². The highest BCUT2D eigenvalue weighted by Gasteiger charge is 2.06. The summed E-state index contributed by atoms with van der Waals surface area (Å²) in [5, 5.41) is 0. The van der Waals surface area contributed by atoms with E-state index < -0.39 is 0 Å². The maximum Gasteiger partial charge on any atom is 0.305 e. The minimum atomic E-state index is -0.130. The van der Waals surface area contributed by atoms with E-state index in [9.17, 15) is 4.79 Å². The normalized spacial score (nSPS) is 14.0. The van der Waals surface area contributed by atoms with Crippen LogP contribution in [0, 0.1) is 5.92 Å². The molecule has 0 aromatic rings. The highest BCUT2D eigenvalue weighted by atomic mass is 16.5. The van der Waals surface area contributed by atoms with Gasteiger partial charge in [-0.2, -0.15) is 0 Å². The van der Waals surface area contributed by atoms with Crippen LogP contribution in [0.25, 0.3) is 0 Å². The molecule has 0 heterocycles. The van der Waals surface area contributed by atoms with Gasteiger partial charge in [0.1, 0.15) is 0 Å². The van der Waals surface area contributed by atoms with Crippen molar-refractivity contribution >= 4 is 5.97 Å². The van der Waals surface area contributed by atoms with Crippen molar-refractivity contribution in [3.05, 3.63) is 60.8 Å². The Balaban J connectivity index is 3.61. The van der Waals surface area contributed by atoms with E-state index in [4.69, 9.17) is 0 Å². The molecule has 0 radical (unpaired) electrons. The van der Waals surface area contributed by atoms with Gasteiger partial charge < -0.3 is 4.74 Å². The number of rotatable bonds is 13. The predicted molar refractivity (Wildman–Crippen MR) is 105 cm³/mol. The Labute approximate surface area is 148 Å². The number of carbonyl (C=O) groups is 1. The van der Waals surface area contributed by atoms with Gasteiger partial charge in [0.15, 0.2) is 0 Å². The second kappa shape index (κ2) is 17.5. The molecular formula is C22H34O2. The van der Waals surface area contributed by atoms with E-state index in [1.54, 1.807) is 0 Å². The number of hydrogen-bond acceptors (Lipinski definition) is 2. The first-order valence-corrected chi connectivity index (χ1v) is 9.02. The van der Waals surface area contributed by atoms with Crippen LogP contribution >= 0.6 is 0 Å². The van der Waals surface area contributed by atoms with E-state index in [0.29, 0.717) is 12.3 Å². The summed E-state index contributed by atoms with van der Waals surface area (Å²) in [6.45, 7) is 4.22. The SMILES string of the molecule is CC/C=C\C/C=C\C/C=C\C/C=C\C/C=C\CC(C)CC(=O)OC. The summed E-state index contributed by atoms with van der Waals surface area (Å²) in [5.74, 6) is 0.209. The molecule has 0 saturated heterocycles. The summed E-state index contributed by atoms with van der Waals surface area (Å²) >= 11 is 0. The lowest BCUT2D eigenvalue weighted by molar-refractivity contribution is -0.141. The summed E-state index contributed by atoms with van der Waals surface area (Å²) in [7, 11) is 1.44. The van der Waals surface area contributed by atoms with E-state index in [0.717, 1.165) is 38.5 Å². The van der Waals surface area contributed by atoms with E-state index in [1.807, 2.05) is 0 Å². The summed E-state index contributed by atoms with van der Waals surface area (Å²) in [5.41, 5.74) is 0. The van der Waals surface area contributed by atoms with Gasteiger partial charge in [-0.15, -0.1) is 0 Å². The standard InChI is InChI=1S/C22H34O2/c1-4-5-6-7-8-9-10-11-12-13-14-15-16-17-18-19-21(2)20-22(23)24-3/h5-6,8-9,11-12,14-15,17-18,21H,4,7,10,13,16,19-20H2,1-3H3/b6-5-,9-8-,12-11-,15-14-,18-17-. The van der Waals surface area contributed by atoms with Gasteiger partial charge in [0.25, 0.3) is 0 Å². The quantitative estimate of drug-likeness (QED) is 0.291. The Morgan fingerprint density at radius 3 is 1.62 bits per heavy atom. The van der Waals surface area contributed by atoms with Crippen molar-refractivity contribution in [1.82, 2.24) is 0 Å². The number of allylic oxidation sites excluding steroid dienone is 10. The molecule has 0 aromatic carbocycles. The van der Waals surface area contributed by atoms with Crippen molar-refractivity contribution in [2.45, 2.75) is 58.8 Å². The molecule has 2 nitrogen and oxygen atoms in total. The Bertz CT molecular complexity index is 439. The van der Waals surface area contributed by atoms with E-state index in [1.165, 1.54) is 7.11 Å². The second-order valence-electron chi connectivity index (χ2n) is 5.83. The van der Waals surface area contributed by atoms with Gasteiger partial charge in [0.2, 0.25) is 0 Å². The second-order valence-corrected chi connectivity index (χ2v) is 5.83. The topological polar surface area (TPSA) is 26.3 Å². The van der Waals surface area contributed by atoms with E-state index in [-0.39, 0.29) is 5.97 Å². The van der Waals surface area contributed by atoms with Gasteiger partial charge in [-0.3, -0.25) is 4.79 Å². The van der Waals surface area contributed by atoms with E-state index in [2.05, 4.69) is 79.3 Å². The highest BCUT2D eigenvalue weighted by molar-refractivity contribution is 5.69. The molecule has 0 spiro atoms.